The van der Waals surface area contributed by atoms with Gasteiger partial charge in [0, 0.05) is 45.9 Å². The molecule has 106 valence electrons. The fourth-order valence-corrected chi connectivity index (χ4v) is 1.63. The Hall–Kier alpha value is -0.618. The Morgan fingerprint density at radius 1 is 1.56 bits per heavy atom. The smallest absolute Gasteiger partial charge is 0.410 e. The van der Waals surface area contributed by atoms with Crippen molar-refractivity contribution in [1.29, 1.82) is 5.26 Å². The van der Waals surface area contributed by atoms with Crippen LogP contribution in [0.2, 0.25) is 0 Å². The van der Waals surface area contributed by atoms with Gasteiger partial charge in [-0.25, -0.2) is 4.79 Å². The van der Waals surface area contributed by atoms with Crippen LogP contribution in [0.4, 0.5) is 4.79 Å². The van der Waals surface area contributed by atoms with Crippen LogP contribution in [-0.4, -0.2) is 42.9 Å². The average molecular weight is 347 g/mol. The molecule has 0 radical (unpaired) electrons. The molecule has 0 bridgehead atoms. The number of carbonyl (C=O) groups is 1. The Labute approximate surface area is 122 Å². The molecular weight excluding hydrogens is 327 g/mol. The van der Waals surface area contributed by atoms with Gasteiger partial charge < -0.3 is 14.4 Å². The van der Waals surface area contributed by atoms with Crippen LogP contribution in [0.15, 0.2) is 0 Å². The molecule has 0 aromatic heterocycles. The van der Waals surface area contributed by atoms with Crippen LogP contribution in [0.1, 0.15) is 27.2 Å². The van der Waals surface area contributed by atoms with Crippen molar-refractivity contribution in [2.45, 2.75) is 32.8 Å². The van der Waals surface area contributed by atoms with Gasteiger partial charge in [-0.05, 0) is 20.8 Å². The maximum Gasteiger partial charge on any atom is 0.410 e. The molecule has 1 amide bonds. The summed E-state index contributed by atoms with van der Waals surface area (Å²) >= 11 is 0. The first-order chi connectivity index (χ1) is 7.92. The summed E-state index contributed by atoms with van der Waals surface area (Å²) in [6.07, 6.45) is 0.0742. The Morgan fingerprint density at radius 3 is 2.78 bits per heavy atom. The maximum atomic E-state index is 11.9. The Bertz CT molecular complexity index is 309. The van der Waals surface area contributed by atoms with E-state index in [-0.39, 0.29) is 32.4 Å². The quantitative estimate of drug-likeness (QED) is 0.679. The second kappa shape index (κ2) is 7.74. The zero-order valence-electron chi connectivity index (χ0n) is 11.0. The van der Waals surface area contributed by atoms with Gasteiger partial charge >= 0.3 is 6.09 Å². The second-order valence-electron chi connectivity index (χ2n) is 5.23. The van der Waals surface area contributed by atoms with E-state index in [2.05, 4.69) is 6.07 Å². The van der Waals surface area contributed by atoms with Gasteiger partial charge in [0.15, 0.2) is 0 Å². The average Bonchev–Trinajstić information content (AvgIpc) is 2.41. The zero-order valence-corrected chi connectivity index (χ0v) is 12.6. The minimum atomic E-state index is -0.491. The number of amides is 1. The molecule has 6 heteroatoms. The molecule has 0 spiro atoms. The molecule has 1 heterocycles. The molecule has 5 nitrogen and oxygen atoms in total. The summed E-state index contributed by atoms with van der Waals surface area (Å²) in [5.74, 6) is 0.0787. The molecule has 1 unspecified atom stereocenters. The summed E-state index contributed by atoms with van der Waals surface area (Å²) < 4.78 is 10.7. The van der Waals surface area contributed by atoms with E-state index < -0.39 is 5.60 Å². The van der Waals surface area contributed by atoms with E-state index in [1.165, 1.54) is 0 Å². The van der Waals surface area contributed by atoms with E-state index >= 15 is 0 Å². The van der Waals surface area contributed by atoms with Gasteiger partial charge in [0.05, 0.1) is 19.3 Å². The normalized spacial score (nSPS) is 20.3. The van der Waals surface area contributed by atoms with Crippen LogP contribution in [0.3, 0.4) is 0 Å². The summed E-state index contributed by atoms with van der Waals surface area (Å²) in [5, 5.41) is 8.68. The van der Waals surface area contributed by atoms with Gasteiger partial charge in [-0.2, -0.15) is 5.26 Å². The standard InChI is InChI=1S/C12H20N2O3.Pd/c1-12(2,3)17-11(15)14-6-7-16-9-10(8-14)4-5-13;/h10H,4,6-9H2,1-3H3;. The summed E-state index contributed by atoms with van der Waals surface area (Å²) in [5.41, 5.74) is -0.491. The van der Waals surface area contributed by atoms with Crippen molar-refractivity contribution in [1.82, 2.24) is 4.90 Å². The Morgan fingerprint density at radius 2 is 2.22 bits per heavy atom. The number of carbonyl (C=O) groups excluding carboxylic acids is 1. The zero-order chi connectivity index (χ0) is 12.9. The van der Waals surface area contributed by atoms with Crippen LogP contribution in [0, 0.1) is 17.2 Å². The van der Waals surface area contributed by atoms with Gasteiger partial charge in [-0.15, -0.1) is 0 Å². The Balaban J connectivity index is 0.00000289. The van der Waals surface area contributed by atoms with E-state index in [9.17, 15) is 4.79 Å². The summed E-state index contributed by atoms with van der Waals surface area (Å²) in [7, 11) is 0. The molecule has 1 rings (SSSR count). The van der Waals surface area contributed by atoms with E-state index in [0.717, 1.165) is 0 Å². The third kappa shape index (κ3) is 6.35. The van der Waals surface area contributed by atoms with E-state index in [1.807, 2.05) is 20.8 Å². The van der Waals surface area contributed by atoms with Crippen molar-refractivity contribution in [2.75, 3.05) is 26.3 Å². The first-order valence-electron chi connectivity index (χ1n) is 5.85. The van der Waals surface area contributed by atoms with Crippen LogP contribution in [-0.2, 0) is 29.9 Å². The van der Waals surface area contributed by atoms with Crippen LogP contribution in [0.5, 0.6) is 0 Å². The number of nitriles is 1. The molecule has 0 aromatic carbocycles. The first-order valence-corrected chi connectivity index (χ1v) is 5.85. The minimum absolute atomic E-state index is 0. The Kier molecular flexibility index (Phi) is 7.47. The van der Waals surface area contributed by atoms with E-state index in [4.69, 9.17) is 14.7 Å². The number of hydrogen-bond donors (Lipinski definition) is 0. The molecule has 0 aromatic rings. The molecule has 1 saturated heterocycles. The molecule has 0 saturated carbocycles. The third-order valence-electron chi connectivity index (χ3n) is 2.37. The predicted octanol–water partition coefficient (Wildman–Crippen LogP) is 1.78. The van der Waals surface area contributed by atoms with Crippen molar-refractivity contribution in [3.8, 4) is 6.07 Å². The SMILES string of the molecule is CC(C)(C)OC(=O)N1CCOCC(CC#N)C1.[Pd]. The van der Waals surface area contributed by atoms with Gasteiger partial charge in [-0.3, -0.25) is 0 Å². The molecule has 0 aliphatic carbocycles. The maximum absolute atomic E-state index is 11.9. The molecule has 0 N–H and O–H groups in total. The van der Waals surface area contributed by atoms with Crippen molar-refractivity contribution in [2.24, 2.45) is 5.92 Å². The molecular formula is C12H20N2O3Pd. The topological polar surface area (TPSA) is 62.6 Å². The van der Waals surface area contributed by atoms with E-state index in [1.54, 1.807) is 4.90 Å². The third-order valence-corrected chi connectivity index (χ3v) is 2.37. The van der Waals surface area contributed by atoms with Gasteiger partial charge in [0.25, 0.3) is 0 Å². The van der Waals surface area contributed by atoms with Crippen LogP contribution in [0.25, 0.3) is 0 Å². The van der Waals surface area contributed by atoms with Crippen molar-refractivity contribution >= 4 is 6.09 Å². The largest absolute Gasteiger partial charge is 0.444 e. The first kappa shape index (κ1) is 17.4. The monoisotopic (exact) mass is 346 g/mol. The fourth-order valence-electron chi connectivity index (χ4n) is 1.63. The minimum Gasteiger partial charge on any atom is -0.444 e. The number of hydrogen-bond acceptors (Lipinski definition) is 4. The fraction of sp³-hybridized carbons (Fsp3) is 0.833. The molecule has 1 aliphatic rings. The number of ether oxygens (including phenoxy) is 2. The molecule has 18 heavy (non-hydrogen) atoms. The number of nitrogens with zero attached hydrogens (tertiary/aromatic N) is 2. The van der Waals surface area contributed by atoms with Crippen LogP contribution < -0.4 is 0 Å². The molecule has 1 aliphatic heterocycles. The van der Waals surface area contributed by atoms with Crippen molar-refractivity contribution in [3.05, 3.63) is 0 Å². The second-order valence-corrected chi connectivity index (χ2v) is 5.23. The molecule has 1 atom stereocenters. The van der Waals surface area contributed by atoms with Gasteiger partial charge in [-0.1, -0.05) is 0 Å². The van der Waals surface area contributed by atoms with E-state index in [0.29, 0.717) is 32.7 Å². The summed E-state index contributed by atoms with van der Waals surface area (Å²) in [6.45, 7) is 7.61. The summed E-state index contributed by atoms with van der Waals surface area (Å²) in [4.78, 5) is 13.5. The number of rotatable bonds is 1. The molecule has 1 fully saturated rings. The predicted molar refractivity (Wildman–Crippen MR) is 62.3 cm³/mol. The van der Waals surface area contributed by atoms with Gasteiger partial charge in [0.2, 0.25) is 0 Å². The van der Waals surface area contributed by atoms with Crippen LogP contribution >= 0.6 is 0 Å². The van der Waals surface area contributed by atoms with Crippen molar-refractivity contribution < 1.29 is 34.7 Å². The summed E-state index contributed by atoms with van der Waals surface area (Å²) in [6, 6.07) is 2.11. The van der Waals surface area contributed by atoms with Gasteiger partial charge in [0.1, 0.15) is 5.60 Å². The van der Waals surface area contributed by atoms with Crippen molar-refractivity contribution in [3.63, 3.8) is 0 Å².